The number of hydrogen-bond donors (Lipinski definition) is 1. The lowest BCUT2D eigenvalue weighted by molar-refractivity contribution is 0.333. The van der Waals surface area contributed by atoms with E-state index in [0.717, 1.165) is 11.3 Å². The summed E-state index contributed by atoms with van der Waals surface area (Å²) in [4.78, 5) is 0. The normalized spacial score (nSPS) is 9.48. The quantitative estimate of drug-likeness (QED) is 0.880. The molecule has 0 aliphatic heterocycles. The molecular weight excluding hydrogens is 268 g/mol. The van der Waals surface area contributed by atoms with Crippen molar-refractivity contribution in [2.75, 3.05) is 21.3 Å². The van der Waals surface area contributed by atoms with Crippen LogP contribution < -0.4 is 14.2 Å². The van der Waals surface area contributed by atoms with Crippen LogP contribution >= 0.6 is 0 Å². The summed E-state index contributed by atoms with van der Waals surface area (Å²) in [6.07, 6.45) is 0. The van der Waals surface area contributed by atoms with Gasteiger partial charge < -0.3 is 19.3 Å². The fraction of sp³-hybridized carbons (Fsp3) is 0.176. The molecule has 0 amide bonds. The molecule has 0 aromatic heterocycles. The third-order valence-electron chi connectivity index (χ3n) is 2.88. The molecule has 0 bridgehead atoms. The molecular formula is C17H16O4. The number of benzene rings is 2. The van der Waals surface area contributed by atoms with Gasteiger partial charge in [0.1, 0.15) is 5.75 Å². The van der Waals surface area contributed by atoms with Crippen LogP contribution in [0.3, 0.4) is 0 Å². The molecule has 0 fully saturated rings. The predicted molar refractivity (Wildman–Crippen MR) is 80.2 cm³/mol. The highest BCUT2D eigenvalue weighted by Crippen LogP contribution is 2.37. The van der Waals surface area contributed by atoms with Gasteiger partial charge in [0, 0.05) is 11.1 Å². The molecule has 4 nitrogen and oxygen atoms in total. The van der Waals surface area contributed by atoms with Crippen LogP contribution in [0.2, 0.25) is 0 Å². The van der Waals surface area contributed by atoms with Crippen LogP contribution in [0.4, 0.5) is 0 Å². The lowest BCUT2D eigenvalue weighted by Gasteiger charge is -2.09. The van der Waals surface area contributed by atoms with Gasteiger partial charge in [-0.2, -0.15) is 0 Å². The molecule has 1 N–H and O–H groups in total. The van der Waals surface area contributed by atoms with Gasteiger partial charge in [-0.25, -0.2) is 0 Å². The Balaban J connectivity index is 2.36. The molecule has 0 saturated carbocycles. The van der Waals surface area contributed by atoms with Gasteiger partial charge in [-0.1, -0.05) is 17.9 Å². The summed E-state index contributed by atoms with van der Waals surface area (Å²) >= 11 is 0. The van der Waals surface area contributed by atoms with Gasteiger partial charge >= 0.3 is 0 Å². The van der Waals surface area contributed by atoms with E-state index in [1.165, 1.54) is 20.3 Å². The van der Waals surface area contributed by atoms with Crippen LogP contribution in [0.25, 0.3) is 0 Å². The molecule has 0 saturated heterocycles. The summed E-state index contributed by atoms with van der Waals surface area (Å²) in [6, 6.07) is 10.7. The van der Waals surface area contributed by atoms with Crippen LogP contribution in [0, 0.1) is 11.8 Å². The van der Waals surface area contributed by atoms with Gasteiger partial charge in [0.05, 0.1) is 21.3 Å². The first-order chi connectivity index (χ1) is 10.2. The Bertz CT molecular complexity index is 696. The topological polar surface area (TPSA) is 47.9 Å². The molecule has 2 aromatic carbocycles. The Morgan fingerprint density at radius 3 is 2.29 bits per heavy atom. The number of rotatable bonds is 3. The van der Waals surface area contributed by atoms with Crippen LogP contribution in [-0.4, -0.2) is 26.4 Å². The molecule has 2 rings (SSSR count). The predicted octanol–water partition coefficient (Wildman–Crippen LogP) is 2.82. The Kier molecular flexibility index (Phi) is 4.57. The van der Waals surface area contributed by atoms with Gasteiger partial charge in [-0.15, -0.1) is 0 Å². The van der Waals surface area contributed by atoms with Crippen molar-refractivity contribution in [2.24, 2.45) is 0 Å². The summed E-state index contributed by atoms with van der Waals surface area (Å²) in [7, 11) is 4.59. The zero-order valence-electron chi connectivity index (χ0n) is 12.1. The van der Waals surface area contributed by atoms with Crippen molar-refractivity contribution in [3.05, 3.63) is 47.5 Å². The Hall–Kier alpha value is -2.80. The third-order valence-corrected chi connectivity index (χ3v) is 2.88. The highest BCUT2D eigenvalue weighted by molar-refractivity contribution is 5.57. The fourth-order valence-corrected chi connectivity index (χ4v) is 1.86. The minimum Gasteiger partial charge on any atom is -0.504 e. The number of aromatic hydroxyl groups is 1. The van der Waals surface area contributed by atoms with E-state index in [0.29, 0.717) is 17.1 Å². The SMILES string of the molecule is COc1cccc(C#Cc2cc(O)c(OC)c(OC)c2)c1. The van der Waals surface area contributed by atoms with E-state index in [-0.39, 0.29) is 5.75 Å². The first kappa shape index (κ1) is 14.6. The van der Waals surface area contributed by atoms with E-state index in [1.54, 1.807) is 13.2 Å². The lowest BCUT2D eigenvalue weighted by atomic mass is 10.1. The van der Waals surface area contributed by atoms with E-state index in [2.05, 4.69) is 11.8 Å². The summed E-state index contributed by atoms with van der Waals surface area (Å²) in [5, 5.41) is 9.89. The van der Waals surface area contributed by atoms with Gasteiger partial charge in [-0.3, -0.25) is 0 Å². The average Bonchev–Trinajstić information content (AvgIpc) is 2.52. The van der Waals surface area contributed by atoms with Gasteiger partial charge in [0.15, 0.2) is 11.5 Å². The second kappa shape index (κ2) is 6.58. The van der Waals surface area contributed by atoms with Gasteiger partial charge in [-0.05, 0) is 30.3 Å². The molecule has 0 radical (unpaired) electrons. The van der Waals surface area contributed by atoms with Crippen LogP contribution in [0.5, 0.6) is 23.0 Å². The lowest BCUT2D eigenvalue weighted by Crippen LogP contribution is -1.92. The minimum atomic E-state index is -0.00760. The number of methoxy groups -OCH3 is 3. The molecule has 21 heavy (non-hydrogen) atoms. The standard InChI is InChI=1S/C17H16O4/c1-19-14-6-4-5-12(9-14)7-8-13-10-15(18)17(21-3)16(11-13)20-2/h4-6,9-11,18H,1-3H3. The molecule has 2 aromatic rings. The van der Waals surface area contributed by atoms with Crippen molar-refractivity contribution in [1.29, 1.82) is 0 Å². The number of hydrogen-bond acceptors (Lipinski definition) is 4. The Morgan fingerprint density at radius 1 is 0.857 bits per heavy atom. The smallest absolute Gasteiger partial charge is 0.203 e. The first-order valence-electron chi connectivity index (χ1n) is 6.29. The highest BCUT2D eigenvalue weighted by Gasteiger charge is 2.10. The molecule has 108 valence electrons. The van der Waals surface area contributed by atoms with E-state index in [9.17, 15) is 5.11 Å². The maximum absolute atomic E-state index is 9.89. The Labute approximate surface area is 123 Å². The highest BCUT2D eigenvalue weighted by atomic mass is 16.5. The van der Waals surface area contributed by atoms with E-state index in [4.69, 9.17) is 14.2 Å². The zero-order valence-corrected chi connectivity index (χ0v) is 12.1. The van der Waals surface area contributed by atoms with Crippen molar-refractivity contribution >= 4 is 0 Å². The van der Waals surface area contributed by atoms with E-state index in [1.807, 2.05) is 24.3 Å². The van der Waals surface area contributed by atoms with E-state index >= 15 is 0 Å². The molecule has 4 heteroatoms. The minimum absolute atomic E-state index is 0.00760. The maximum Gasteiger partial charge on any atom is 0.203 e. The largest absolute Gasteiger partial charge is 0.504 e. The van der Waals surface area contributed by atoms with Crippen molar-refractivity contribution in [1.82, 2.24) is 0 Å². The van der Waals surface area contributed by atoms with E-state index < -0.39 is 0 Å². The zero-order chi connectivity index (χ0) is 15.2. The van der Waals surface area contributed by atoms with Crippen molar-refractivity contribution < 1.29 is 19.3 Å². The molecule has 0 aliphatic rings. The number of phenolic OH excluding ortho intramolecular Hbond substituents is 1. The monoisotopic (exact) mass is 284 g/mol. The first-order valence-corrected chi connectivity index (χ1v) is 6.29. The maximum atomic E-state index is 9.89. The van der Waals surface area contributed by atoms with Gasteiger partial charge in [0.2, 0.25) is 5.75 Å². The molecule has 0 spiro atoms. The number of ether oxygens (including phenoxy) is 3. The number of phenols is 1. The molecule has 0 heterocycles. The second-order valence-corrected chi connectivity index (χ2v) is 4.21. The fourth-order valence-electron chi connectivity index (χ4n) is 1.86. The molecule has 0 unspecified atom stereocenters. The van der Waals surface area contributed by atoms with Crippen molar-refractivity contribution in [3.8, 4) is 34.8 Å². The second-order valence-electron chi connectivity index (χ2n) is 4.21. The summed E-state index contributed by atoms with van der Waals surface area (Å²) < 4.78 is 15.4. The Morgan fingerprint density at radius 2 is 1.62 bits per heavy atom. The van der Waals surface area contributed by atoms with Crippen LogP contribution in [0.1, 0.15) is 11.1 Å². The van der Waals surface area contributed by atoms with Crippen LogP contribution in [0.15, 0.2) is 36.4 Å². The van der Waals surface area contributed by atoms with Crippen LogP contribution in [-0.2, 0) is 0 Å². The molecule has 0 aliphatic carbocycles. The summed E-state index contributed by atoms with van der Waals surface area (Å²) in [6.45, 7) is 0. The van der Waals surface area contributed by atoms with Crippen molar-refractivity contribution in [3.63, 3.8) is 0 Å². The summed E-state index contributed by atoms with van der Waals surface area (Å²) in [5.41, 5.74) is 1.46. The average molecular weight is 284 g/mol. The third kappa shape index (κ3) is 3.40. The molecule has 0 atom stereocenters. The van der Waals surface area contributed by atoms with Crippen molar-refractivity contribution in [2.45, 2.75) is 0 Å². The summed E-state index contributed by atoms with van der Waals surface area (Å²) in [5.74, 6) is 7.46. The van der Waals surface area contributed by atoms with Gasteiger partial charge in [0.25, 0.3) is 0 Å².